The third kappa shape index (κ3) is 11.8. The van der Waals surface area contributed by atoms with E-state index in [-0.39, 0.29) is 22.8 Å². The second-order valence-electron chi connectivity index (χ2n) is 9.93. The van der Waals surface area contributed by atoms with Crippen LogP contribution in [0.3, 0.4) is 0 Å². The largest absolute Gasteiger partial charge is 0.423 e. The Morgan fingerprint density at radius 3 is 1.36 bits per heavy atom. The second-order valence-corrected chi connectivity index (χ2v) is 9.93. The van der Waals surface area contributed by atoms with E-state index in [2.05, 4.69) is 41.5 Å². The van der Waals surface area contributed by atoms with Gasteiger partial charge in [-0.1, -0.05) is 66.5 Å². The molecule has 0 amide bonds. The lowest BCUT2D eigenvalue weighted by Crippen LogP contribution is -2.12. The summed E-state index contributed by atoms with van der Waals surface area (Å²) in [6, 6.07) is 6.86. The van der Waals surface area contributed by atoms with Crippen LogP contribution >= 0.6 is 0 Å². The third-order valence-electron chi connectivity index (χ3n) is 4.41. The lowest BCUT2D eigenvalue weighted by Gasteiger charge is -2.17. The quantitative estimate of drug-likeness (QED) is 0.253. The van der Waals surface area contributed by atoms with Crippen LogP contribution < -0.4 is 9.47 Å². The van der Waals surface area contributed by atoms with Gasteiger partial charge in [0.25, 0.3) is 0 Å². The van der Waals surface area contributed by atoms with Crippen molar-refractivity contribution in [3.63, 3.8) is 0 Å². The fraction of sp³-hybridized carbons (Fsp3) is 0.667. The normalized spacial score (nSPS) is 11.9. The van der Waals surface area contributed by atoms with Gasteiger partial charge < -0.3 is 9.47 Å². The van der Waals surface area contributed by atoms with Crippen LogP contribution in [0.25, 0.3) is 0 Å². The molecule has 0 spiro atoms. The van der Waals surface area contributed by atoms with Gasteiger partial charge in [0.05, 0.1) is 0 Å². The Balaban J connectivity index is 2.44. The molecule has 0 fully saturated rings. The highest BCUT2D eigenvalue weighted by Crippen LogP contribution is 2.28. The molecule has 0 aliphatic heterocycles. The van der Waals surface area contributed by atoms with Crippen LogP contribution in [0.4, 0.5) is 0 Å². The average Bonchev–Trinajstić information content (AvgIpc) is 2.56. The highest BCUT2D eigenvalue weighted by molar-refractivity contribution is 5.76. The van der Waals surface area contributed by atoms with Gasteiger partial charge in [-0.05, 0) is 48.6 Å². The van der Waals surface area contributed by atoms with Gasteiger partial charge in [0.1, 0.15) is 0 Å². The first kappa shape index (κ1) is 24.2. The Bertz CT molecular complexity index is 565. The van der Waals surface area contributed by atoms with Crippen molar-refractivity contribution in [1.82, 2.24) is 0 Å². The zero-order valence-electron chi connectivity index (χ0n) is 18.6. The van der Waals surface area contributed by atoms with E-state index in [0.717, 1.165) is 38.5 Å². The van der Waals surface area contributed by atoms with Crippen molar-refractivity contribution in [3.8, 4) is 11.5 Å². The zero-order valence-corrected chi connectivity index (χ0v) is 18.6. The van der Waals surface area contributed by atoms with Gasteiger partial charge in [-0.3, -0.25) is 9.59 Å². The summed E-state index contributed by atoms with van der Waals surface area (Å²) >= 11 is 0. The number of carbonyl (C=O) groups is 2. The number of ether oxygens (including phenoxy) is 2. The van der Waals surface area contributed by atoms with E-state index in [0.29, 0.717) is 24.3 Å². The van der Waals surface area contributed by atoms with Crippen molar-refractivity contribution in [2.75, 3.05) is 0 Å². The van der Waals surface area contributed by atoms with Gasteiger partial charge in [0.15, 0.2) is 11.5 Å². The number of esters is 2. The Morgan fingerprint density at radius 2 is 1.04 bits per heavy atom. The number of unbranched alkanes of at least 4 members (excludes halogenated alkanes) is 2. The molecule has 0 radical (unpaired) electrons. The van der Waals surface area contributed by atoms with Crippen LogP contribution in [0.1, 0.15) is 92.9 Å². The van der Waals surface area contributed by atoms with E-state index in [1.165, 1.54) is 0 Å². The van der Waals surface area contributed by atoms with Crippen LogP contribution in [0.5, 0.6) is 11.5 Å². The highest BCUT2D eigenvalue weighted by Gasteiger charge is 2.15. The molecule has 0 heterocycles. The molecule has 4 heteroatoms. The van der Waals surface area contributed by atoms with Crippen molar-refractivity contribution >= 4 is 11.9 Å². The lowest BCUT2D eigenvalue weighted by atomic mass is 9.89. The summed E-state index contributed by atoms with van der Waals surface area (Å²) < 4.78 is 10.9. The Kier molecular flexibility index (Phi) is 9.71. The standard InChI is InChI=1S/C24H38O4/c1-23(2,3)17-11-9-15-21(25)27-19-13-7-8-14-20(19)28-22(26)16-10-12-18-24(4,5)6/h7-8,13-14H,9-12,15-18H2,1-6H3. The van der Waals surface area contributed by atoms with Crippen LogP contribution in [-0.2, 0) is 9.59 Å². The van der Waals surface area contributed by atoms with Crippen molar-refractivity contribution in [2.45, 2.75) is 92.9 Å². The summed E-state index contributed by atoms with van der Waals surface area (Å²) in [6.45, 7) is 13.2. The van der Waals surface area contributed by atoms with Crippen molar-refractivity contribution in [3.05, 3.63) is 24.3 Å². The maximum Gasteiger partial charge on any atom is 0.311 e. The first-order chi connectivity index (χ1) is 13.0. The summed E-state index contributed by atoms with van der Waals surface area (Å²) in [7, 11) is 0. The maximum absolute atomic E-state index is 12.1. The molecule has 0 aliphatic carbocycles. The average molecular weight is 391 g/mol. The molecule has 4 nitrogen and oxygen atoms in total. The molecule has 0 saturated carbocycles. The van der Waals surface area contributed by atoms with E-state index in [1.807, 2.05) is 0 Å². The van der Waals surface area contributed by atoms with Crippen LogP contribution in [0, 0.1) is 10.8 Å². The fourth-order valence-corrected chi connectivity index (χ4v) is 2.82. The van der Waals surface area contributed by atoms with Crippen molar-refractivity contribution < 1.29 is 19.1 Å². The summed E-state index contributed by atoms with van der Waals surface area (Å²) in [5.74, 6) is 0.0443. The van der Waals surface area contributed by atoms with Gasteiger partial charge in [-0.15, -0.1) is 0 Å². The number of carbonyl (C=O) groups excluding carboxylic acids is 2. The molecule has 0 atom stereocenters. The summed E-state index contributed by atoms with van der Waals surface area (Å²) in [5, 5.41) is 0. The number of para-hydroxylation sites is 2. The monoisotopic (exact) mass is 390 g/mol. The molecule has 0 aliphatic rings. The lowest BCUT2D eigenvalue weighted by molar-refractivity contribution is -0.137. The molecule has 0 aromatic heterocycles. The van der Waals surface area contributed by atoms with Gasteiger partial charge in [-0.2, -0.15) is 0 Å². The van der Waals surface area contributed by atoms with E-state index in [9.17, 15) is 9.59 Å². The zero-order chi connectivity index (χ0) is 21.2. The Hall–Kier alpha value is -1.84. The maximum atomic E-state index is 12.1. The minimum Gasteiger partial charge on any atom is -0.423 e. The predicted octanol–water partition coefficient (Wildman–Crippen LogP) is 6.71. The first-order valence-corrected chi connectivity index (χ1v) is 10.5. The molecule has 1 aromatic rings. The SMILES string of the molecule is CC(C)(C)CCCCC(=O)Oc1ccccc1OC(=O)CCCCC(C)(C)C. The number of rotatable bonds is 10. The third-order valence-corrected chi connectivity index (χ3v) is 4.41. The molecule has 158 valence electrons. The van der Waals surface area contributed by atoms with E-state index < -0.39 is 0 Å². The van der Waals surface area contributed by atoms with Gasteiger partial charge >= 0.3 is 11.9 Å². The van der Waals surface area contributed by atoms with Crippen LogP contribution in [0.15, 0.2) is 24.3 Å². The van der Waals surface area contributed by atoms with Gasteiger partial charge in [-0.25, -0.2) is 0 Å². The minimum atomic E-state index is -0.289. The van der Waals surface area contributed by atoms with Crippen molar-refractivity contribution in [2.24, 2.45) is 10.8 Å². The van der Waals surface area contributed by atoms with Crippen LogP contribution in [-0.4, -0.2) is 11.9 Å². The molecule has 1 rings (SSSR count). The molecule has 0 saturated heterocycles. The Morgan fingerprint density at radius 1 is 0.679 bits per heavy atom. The van der Waals surface area contributed by atoms with Gasteiger partial charge in [0, 0.05) is 12.8 Å². The molecule has 28 heavy (non-hydrogen) atoms. The Labute approximate surface area is 171 Å². The molecule has 1 aromatic carbocycles. The smallest absolute Gasteiger partial charge is 0.311 e. The molecule has 0 N–H and O–H groups in total. The molecular formula is C24H38O4. The number of benzene rings is 1. The highest BCUT2D eigenvalue weighted by atomic mass is 16.6. The topological polar surface area (TPSA) is 52.6 Å². The fourth-order valence-electron chi connectivity index (χ4n) is 2.82. The number of hydrogen-bond acceptors (Lipinski definition) is 4. The van der Waals surface area contributed by atoms with Crippen LogP contribution in [0.2, 0.25) is 0 Å². The number of hydrogen-bond donors (Lipinski definition) is 0. The first-order valence-electron chi connectivity index (χ1n) is 10.5. The predicted molar refractivity (Wildman–Crippen MR) is 114 cm³/mol. The summed E-state index contributed by atoms with van der Waals surface area (Å²) in [6.07, 6.45) is 6.45. The van der Waals surface area contributed by atoms with E-state index in [1.54, 1.807) is 24.3 Å². The molecular weight excluding hydrogens is 352 g/mol. The second kappa shape index (κ2) is 11.2. The molecule has 0 bridgehead atoms. The summed E-state index contributed by atoms with van der Waals surface area (Å²) in [5.41, 5.74) is 0.551. The molecule has 0 unspecified atom stereocenters. The van der Waals surface area contributed by atoms with Crippen molar-refractivity contribution in [1.29, 1.82) is 0 Å². The van der Waals surface area contributed by atoms with E-state index in [4.69, 9.17) is 9.47 Å². The summed E-state index contributed by atoms with van der Waals surface area (Å²) in [4.78, 5) is 24.2. The minimum absolute atomic E-state index is 0.275. The van der Waals surface area contributed by atoms with Gasteiger partial charge in [0.2, 0.25) is 0 Å². The van der Waals surface area contributed by atoms with E-state index >= 15 is 0 Å².